The molecule has 0 spiro atoms. The van der Waals surface area contributed by atoms with Gasteiger partial charge in [-0.05, 0) is 48.9 Å². The second kappa shape index (κ2) is 3.37. The van der Waals surface area contributed by atoms with Crippen LogP contribution in [0.5, 0.6) is 0 Å². The molecule has 2 rings (SSSR count). The Kier molecular flexibility index (Phi) is 2.52. The van der Waals surface area contributed by atoms with Gasteiger partial charge in [0, 0.05) is 0 Å². The number of rotatable bonds is 0. The van der Waals surface area contributed by atoms with Crippen molar-refractivity contribution in [3.05, 3.63) is 11.1 Å². The molecule has 0 heterocycles. The zero-order valence-electron chi connectivity index (χ0n) is 11.1. The topological polar surface area (TPSA) is 0 Å². The second-order valence-electron chi connectivity index (χ2n) is 7.20. The van der Waals surface area contributed by atoms with Crippen LogP contribution in [0.3, 0.4) is 0 Å². The molecule has 0 bridgehead atoms. The molecule has 0 saturated carbocycles. The molecule has 0 fully saturated rings. The van der Waals surface area contributed by atoms with Gasteiger partial charge in [0.05, 0.1) is 0 Å². The summed E-state index contributed by atoms with van der Waals surface area (Å²) in [5.41, 5.74) is 4.68. The summed E-state index contributed by atoms with van der Waals surface area (Å²) in [7, 11) is 0. The lowest BCUT2D eigenvalue weighted by molar-refractivity contribution is 0.211. The van der Waals surface area contributed by atoms with Gasteiger partial charge >= 0.3 is 0 Å². The van der Waals surface area contributed by atoms with Crippen LogP contribution >= 0.6 is 0 Å². The molecular weight excluding hydrogens is 180 g/mol. The molecule has 1 atom stereocenters. The van der Waals surface area contributed by atoms with E-state index in [1.165, 1.54) is 32.1 Å². The molecule has 0 heteroatoms. The van der Waals surface area contributed by atoms with Crippen LogP contribution in [0.4, 0.5) is 0 Å². The average Bonchev–Trinajstić information content (AvgIpc) is 1.97. The monoisotopic (exact) mass is 206 g/mol. The third kappa shape index (κ3) is 2.00. The molecular formula is C15H26. The molecule has 0 aromatic rings. The molecule has 86 valence electrons. The lowest BCUT2D eigenvalue weighted by atomic mass is 9.59. The Labute approximate surface area is 95.1 Å². The van der Waals surface area contributed by atoms with E-state index < -0.39 is 0 Å². The van der Waals surface area contributed by atoms with Gasteiger partial charge in [0.15, 0.2) is 0 Å². The largest absolute Gasteiger partial charge is 0.0697 e. The standard InChI is InChI=1S/C15H26/c1-11-9-14(2,3)10-12-7-6-8-15(4,5)13(11)12/h11H,6-10H2,1-5H3. The van der Waals surface area contributed by atoms with Crippen molar-refractivity contribution >= 4 is 0 Å². The van der Waals surface area contributed by atoms with Crippen molar-refractivity contribution in [2.24, 2.45) is 16.7 Å². The highest BCUT2D eigenvalue weighted by molar-refractivity contribution is 5.29. The van der Waals surface area contributed by atoms with Gasteiger partial charge in [0.1, 0.15) is 0 Å². The van der Waals surface area contributed by atoms with Gasteiger partial charge in [0.2, 0.25) is 0 Å². The number of hydrogen-bond acceptors (Lipinski definition) is 0. The van der Waals surface area contributed by atoms with Crippen LogP contribution in [-0.2, 0) is 0 Å². The summed E-state index contributed by atoms with van der Waals surface area (Å²) < 4.78 is 0. The second-order valence-corrected chi connectivity index (χ2v) is 7.20. The first kappa shape index (κ1) is 11.2. The highest BCUT2D eigenvalue weighted by Gasteiger charge is 2.39. The predicted molar refractivity (Wildman–Crippen MR) is 66.8 cm³/mol. The Morgan fingerprint density at radius 1 is 1.13 bits per heavy atom. The van der Waals surface area contributed by atoms with Gasteiger partial charge in [0.25, 0.3) is 0 Å². The van der Waals surface area contributed by atoms with E-state index >= 15 is 0 Å². The molecule has 2 aliphatic rings. The summed E-state index contributed by atoms with van der Waals surface area (Å²) in [6.07, 6.45) is 6.93. The first-order valence-corrected chi connectivity index (χ1v) is 6.54. The minimum absolute atomic E-state index is 0.490. The van der Waals surface area contributed by atoms with Crippen molar-refractivity contribution < 1.29 is 0 Å². The Hall–Kier alpha value is -0.260. The summed E-state index contributed by atoms with van der Waals surface area (Å²) in [5, 5.41) is 0. The summed E-state index contributed by atoms with van der Waals surface area (Å²) >= 11 is 0. The SMILES string of the molecule is CC1CC(C)(C)CC2=C1C(C)(C)CCC2. The maximum absolute atomic E-state index is 2.45. The summed E-state index contributed by atoms with van der Waals surface area (Å²) in [4.78, 5) is 0. The van der Waals surface area contributed by atoms with Crippen molar-refractivity contribution in [1.29, 1.82) is 0 Å². The van der Waals surface area contributed by atoms with Crippen LogP contribution < -0.4 is 0 Å². The third-order valence-electron chi connectivity index (χ3n) is 4.43. The first-order valence-electron chi connectivity index (χ1n) is 6.54. The van der Waals surface area contributed by atoms with E-state index in [0.29, 0.717) is 10.8 Å². The highest BCUT2D eigenvalue weighted by atomic mass is 14.4. The normalized spacial score (nSPS) is 33.8. The maximum Gasteiger partial charge on any atom is -0.0139 e. The summed E-state index contributed by atoms with van der Waals surface area (Å²) in [6, 6.07) is 0. The van der Waals surface area contributed by atoms with Crippen LogP contribution in [-0.4, -0.2) is 0 Å². The molecule has 2 aliphatic carbocycles. The van der Waals surface area contributed by atoms with Crippen LogP contribution in [0.2, 0.25) is 0 Å². The van der Waals surface area contributed by atoms with Crippen molar-refractivity contribution in [2.45, 2.75) is 66.7 Å². The van der Waals surface area contributed by atoms with E-state index in [-0.39, 0.29) is 0 Å². The molecule has 0 amide bonds. The van der Waals surface area contributed by atoms with Crippen LogP contribution in [0.1, 0.15) is 66.7 Å². The van der Waals surface area contributed by atoms with Gasteiger partial charge in [-0.1, -0.05) is 45.8 Å². The molecule has 0 nitrogen and oxygen atoms in total. The molecule has 0 radical (unpaired) electrons. The number of hydrogen-bond donors (Lipinski definition) is 0. The number of allylic oxidation sites excluding steroid dienone is 2. The van der Waals surface area contributed by atoms with Gasteiger partial charge in [-0.2, -0.15) is 0 Å². The molecule has 0 aliphatic heterocycles. The Balaban J connectivity index is 2.39. The van der Waals surface area contributed by atoms with Crippen molar-refractivity contribution in [3.63, 3.8) is 0 Å². The van der Waals surface area contributed by atoms with E-state index in [4.69, 9.17) is 0 Å². The van der Waals surface area contributed by atoms with Crippen molar-refractivity contribution in [3.8, 4) is 0 Å². The minimum atomic E-state index is 0.490. The van der Waals surface area contributed by atoms with Crippen LogP contribution in [0, 0.1) is 16.7 Å². The molecule has 1 unspecified atom stereocenters. The fraction of sp³-hybridized carbons (Fsp3) is 0.867. The Morgan fingerprint density at radius 3 is 2.47 bits per heavy atom. The summed E-state index contributed by atoms with van der Waals surface area (Å²) in [5.74, 6) is 0.819. The lowest BCUT2D eigenvalue weighted by Crippen LogP contribution is -2.33. The van der Waals surface area contributed by atoms with Gasteiger partial charge in [-0.3, -0.25) is 0 Å². The quantitative estimate of drug-likeness (QED) is 0.492. The lowest BCUT2D eigenvalue weighted by Gasteiger charge is -2.46. The Morgan fingerprint density at radius 2 is 1.80 bits per heavy atom. The van der Waals surface area contributed by atoms with E-state index in [1.807, 2.05) is 11.1 Å². The van der Waals surface area contributed by atoms with Gasteiger partial charge in [-0.15, -0.1) is 0 Å². The molecule has 0 aromatic carbocycles. The van der Waals surface area contributed by atoms with Gasteiger partial charge in [-0.25, -0.2) is 0 Å². The molecule has 15 heavy (non-hydrogen) atoms. The fourth-order valence-electron chi connectivity index (χ4n) is 4.27. The maximum atomic E-state index is 2.45. The van der Waals surface area contributed by atoms with Crippen molar-refractivity contribution in [1.82, 2.24) is 0 Å². The third-order valence-corrected chi connectivity index (χ3v) is 4.43. The Bertz CT molecular complexity index is 291. The zero-order valence-corrected chi connectivity index (χ0v) is 11.1. The van der Waals surface area contributed by atoms with E-state index in [9.17, 15) is 0 Å². The molecule has 0 N–H and O–H groups in total. The zero-order chi connectivity index (χ0) is 11.3. The fourth-order valence-corrected chi connectivity index (χ4v) is 4.27. The average molecular weight is 206 g/mol. The van der Waals surface area contributed by atoms with Gasteiger partial charge < -0.3 is 0 Å². The predicted octanol–water partition coefficient (Wildman–Crippen LogP) is 4.95. The molecule has 0 saturated heterocycles. The van der Waals surface area contributed by atoms with Crippen LogP contribution in [0.25, 0.3) is 0 Å². The minimum Gasteiger partial charge on any atom is -0.0697 e. The summed E-state index contributed by atoms with van der Waals surface area (Å²) in [6.45, 7) is 12.2. The first-order chi connectivity index (χ1) is 6.82. The van der Waals surface area contributed by atoms with Crippen LogP contribution in [0.15, 0.2) is 11.1 Å². The van der Waals surface area contributed by atoms with E-state index in [1.54, 1.807) is 0 Å². The van der Waals surface area contributed by atoms with Crippen molar-refractivity contribution in [2.75, 3.05) is 0 Å². The highest BCUT2D eigenvalue weighted by Crippen LogP contribution is 2.53. The molecule has 0 aromatic heterocycles. The smallest absolute Gasteiger partial charge is 0.0139 e. The van der Waals surface area contributed by atoms with E-state index in [0.717, 1.165) is 5.92 Å². The van der Waals surface area contributed by atoms with E-state index in [2.05, 4.69) is 34.6 Å².